The third-order valence-electron chi connectivity index (χ3n) is 9.79. The predicted octanol–water partition coefficient (Wildman–Crippen LogP) is 11.3. The number of allylic oxidation sites excluding steroid dienone is 5. The molecule has 0 aliphatic carbocycles. The zero-order chi connectivity index (χ0) is 39.8. The lowest BCUT2D eigenvalue weighted by molar-refractivity contribution is -0.124. The average Bonchev–Trinajstić information content (AvgIpc) is 3.15. The molecule has 0 aromatic rings. The Bertz CT molecular complexity index is 961. The van der Waals surface area contributed by atoms with Gasteiger partial charge in [-0.2, -0.15) is 0 Å². The summed E-state index contributed by atoms with van der Waals surface area (Å²) in [5.41, 5.74) is 5.36. The Hall–Kier alpha value is -1.32. The number of carbonyl (C=O) groups is 1. The van der Waals surface area contributed by atoms with E-state index in [2.05, 4.69) is 43.5 Å². The van der Waals surface area contributed by atoms with Gasteiger partial charge in [-0.1, -0.05) is 185 Å². The summed E-state index contributed by atoms with van der Waals surface area (Å²) in [7, 11) is -4.40. The molecule has 0 rings (SSSR count). The Morgan fingerprint density at radius 1 is 0.648 bits per heavy atom. The van der Waals surface area contributed by atoms with E-state index in [0.717, 1.165) is 44.9 Å². The van der Waals surface area contributed by atoms with Crippen LogP contribution in [-0.2, 0) is 18.4 Å². The number of aliphatic hydroxyl groups is 2. The van der Waals surface area contributed by atoms with Crippen LogP contribution in [0, 0.1) is 0 Å². The maximum atomic E-state index is 12.8. The van der Waals surface area contributed by atoms with Gasteiger partial charge in [0.2, 0.25) is 5.91 Å². The average molecular weight is 785 g/mol. The number of carbonyl (C=O) groups excluding carboxylic acids is 1. The van der Waals surface area contributed by atoms with Crippen LogP contribution in [0.2, 0.25) is 0 Å². The number of nitrogens with one attached hydrogen (secondary N) is 1. The van der Waals surface area contributed by atoms with Gasteiger partial charge in [0, 0.05) is 6.54 Å². The number of phosphoric ester groups is 1. The second-order valence-electron chi connectivity index (χ2n) is 15.1. The van der Waals surface area contributed by atoms with E-state index in [1.54, 1.807) is 6.08 Å². The van der Waals surface area contributed by atoms with Crippen LogP contribution in [-0.4, -0.2) is 59.0 Å². The smallest absolute Gasteiger partial charge is 0.393 e. The standard InChI is InChI=1S/C44H85N2O7P/c1-3-5-7-9-11-13-15-17-19-20-22-23-25-27-29-31-33-35-41(47)39-44(49)46-42(40-53-54(50,51)52-38-37-45)43(48)36-34-32-30-28-26-24-21-18-16-14-12-10-8-6-4-2/h11,13,15,17,34,36,41-43,47-48H,3-10,12,14,16,18-33,35,37-40,45H2,1-2H3,(H,46,49)(H,50,51)/b13-11-,17-15-,36-34+. The van der Waals surface area contributed by atoms with Crippen LogP contribution in [0.3, 0.4) is 0 Å². The summed E-state index contributed by atoms with van der Waals surface area (Å²) in [6.07, 6.45) is 43.6. The van der Waals surface area contributed by atoms with Gasteiger partial charge in [-0.05, 0) is 44.9 Å². The van der Waals surface area contributed by atoms with Gasteiger partial charge in [0.05, 0.1) is 37.9 Å². The number of unbranched alkanes of at least 4 members (excludes halogenated alkanes) is 24. The van der Waals surface area contributed by atoms with Crippen molar-refractivity contribution in [1.29, 1.82) is 0 Å². The summed E-state index contributed by atoms with van der Waals surface area (Å²) < 4.78 is 22.1. The number of phosphoric acid groups is 1. The zero-order valence-corrected chi connectivity index (χ0v) is 35.7. The molecule has 0 fully saturated rings. The molecule has 0 saturated carbocycles. The fourth-order valence-corrected chi connectivity index (χ4v) is 7.16. The lowest BCUT2D eigenvalue weighted by atomic mass is 10.0. The van der Waals surface area contributed by atoms with Crippen molar-refractivity contribution >= 4 is 13.7 Å². The molecular formula is C44H85N2O7P. The molecule has 10 heteroatoms. The SMILES string of the molecule is CCCCC/C=C\C=C/CCCCCCCCCCC(O)CC(=O)NC(COP(=O)(O)OCCN)C(O)/C=C/CCCCCCCCCCCCCCC. The first-order valence-corrected chi connectivity index (χ1v) is 23.7. The van der Waals surface area contributed by atoms with Crippen LogP contribution in [0.25, 0.3) is 0 Å². The minimum atomic E-state index is -4.40. The molecular weight excluding hydrogens is 699 g/mol. The molecule has 0 aliphatic rings. The minimum absolute atomic E-state index is 0.0479. The molecule has 0 aromatic heterocycles. The highest BCUT2D eigenvalue weighted by Crippen LogP contribution is 2.43. The highest BCUT2D eigenvalue weighted by Gasteiger charge is 2.27. The van der Waals surface area contributed by atoms with Gasteiger partial charge in [-0.15, -0.1) is 0 Å². The predicted molar refractivity (Wildman–Crippen MR) is 227 cm³/mol. The number of rotatable bonds is 41. The van der Waals surface area contributed by atoms with Crippen LogP contribution in [0.1, 0.15) is 200 Å². The highest BCUT2D eigenvalue weighted by atomic mass is 31.2. The van der Waals surface area contributed by atoms with Crippen molar-refractivity contribution in [3.05, 3.63) is 36.5 Å². The quantitative estimate of drug-likeness (QED) is 0.0178. The maximum absolute atomic E-state index is 12.8. The Morgan fingerprint density at radius 3 is 1.57 bits per heavy atom. The van der Waals surface area contributed by atoms with E-state index in [9.17, 15) is 24.5 Å². The van der Waals surface area contributed by atoms with E-state index in [-0.39, 0.29) is 19.6 Å². The van der Waals surface area contributed by atoms with Crippen molar-refractivity contribution in [2.75, 3.05) is 19.8 Å². The Labute approximate surface area is 332 Å². The van der Waals surface area contributed by atoms with Gasteiger partial charge >= 0.3 is 7.82 Å². The van der Waals surface area contributed by atoms with Crippen molar-refractivity contribution < 1.29 is 33.5 Å². The zero-order valence-electron chi connectivity index (χ0n) is 34.8. The van der Waals surface area contributed by atoms with Crippen LogP contribution in [0.5, 0.6) is 0 Å². The molecule has 0 aromatic carbocycles. The first kappa shape index (κ1) is 52.7. The Morgan fingerprint density at radius 2 is 1.07 bits per heavy atom. The normalized spacial score (nSPS) is 15.0. The molecule has 0 heterocycles. The van der Waals surface area contributed by atoms with Crippen LogP contribution < -0.4 is 11.1 Å². The van der Waals surface area contributed by atoms with E-state index in [0.29, 0.717) is 6.42 Å². The van der Waals surface area contributed by atoms with Crippen molar-refractivity contribution in [3.63, 3.8) is 0 Å². The first-order chi connectivity index (χ1) is 26.3. The van der Waals surface area contributed by atoms with E-state index in [1.165, 1.54) is 128 Å². The number of aliphatic hydroxyl groups excluding tert-OH is 2. The Balaban J connectivity index is 4.32. The highest BCUT2D eigenvalue weighted by molar-refractivity contribution is 7.47. The summed E-state index contributed by atoms with van der Waals surface area (Å²) in [5, 5.41) is 24.1. The summed E-state index contributed by atoms with van der Waals surface area (Å²) >= 11 is 0. The van der Waals surface area contributed by atoms with Crippen LogP contribution >= 0.6 is 7.82 Å². The van der Waals surface area contributed by atoms with Gasteiger partial charge < -0.3 is 26.2 Å². The molecule has 1 amide bonds. The second-order valence-corrected chi connectivity index (χ2v) is 16.6. The fraction of sp³-hybridized carbons (Fsp3) is 0.841. The molecule has 0 spiro atoms. The summed E-state index contributed by atoms with van der Waals surface area (Å²) in [5.74, 6) is -0.450. The van der Waals surface area contributed by atoms with Crippen molar-refractivity contribution in [1.82, 2.24) is 5.32 Å². The van der Waals surface area contributed by atoms with Gasteiger partial charge in [0.15, 0.2) is 0 Å². The van der Waals surface area contributed by atoms with Crippen molar-refractivity contribution in [3.8, 4) is 0 Å². The summed E-state index contributed by atoms with van der Waals surface area (Å²) in [6, 6.07) is -0.984. The van der Waals surface area contributed by atoms with Gasteiger partial charge in [0.1, 0.15) is 0 Å². The summed E-state index contributed by atoms with van der Waals surface area (Å²) in [4.78, 5) is 22.8. The number of amides is 1. The molecule has 4 unspecified atom stereocenters. The largest absolute Gasteiger partial charge is 0.472 e. The molecule has 6 N–H and O–H groups in total. The van der Waals surface area contributed by atoms with Crippen molar-refractivity contribution in [2.24, 2.45) is 5.73 Å². The topological polar surface area (TPSA) is 151 Å². The molecule has 4 atom stereocenters. The van der Waals surface area contributed by atoms with E-state index >= 15 is 0 Å². The minimum Gasteiger partial charge on any atom is -0.393 e. The number of hydrogen-bond acceptors (Lipinski definition) is 7. The first-order valence-electron chi connectivity index (χ1n) is 22.2. The molecule has 9 nitrogen and oxygen atoms in total. The lowest BCUT2D eigenvalue weighted by Crippen LogP contribution is -2.46. The van der Waals surface area contributed by atoms with Crippen LogP contribution in [0.15, 0.2) is 36.5 Å². The Kier molecular flexibility index (Phi) is 38.9. The monoisotopic (exact) mass is 785 g/mol. The lowest BCUT2D eigenvalue weighted by Gasteiger charge is -2.24. The maximum Gasteiger partial charge on any atom is 0.472 e. The molecule has 0 aliphatic heterocycles. The van der Waals surface area contributed by atoms with Gasteiger partial charge in [-0.25, -0.2) is 4.57 Å². The van der Waals surface area contributed by atoms with E-state index in [1.807, 2.05) is 6.08 Å². The van der Waals surface area contributed by atoms with Gasteiger partial charge in [-0.3, -0.25) is 13.8 Å². The number of hydrogen-bond donors (Lipinski definition) is 5. The fourth-order valence-electron chi connectivity index (χ4n) is 6.40. The van der Waals surface area contributed by atoms with Crippen LogP contribution in [0.4, 0.5) is 0 Å². The van der Waals surface area contributed by atoms with Gasteiger partial charge in [0.25, 0.3) is 0 Å². The number of nitrogens with two attached hydrogens (primary N) is 1. The van der Waals surface area contributed by atoms with E-state index in [4.69, 9.17) is 14.8 Å². The third-order valence-corrected chi connectivity index (χ3v) is 10.8. The molecule has 0 saturated heterocycles. The summed E-state index contributed by atoms with van der Waals surface area (Å²) in [6.45, 7) is 3.94. The molecule has 318 valence electrons. The molecule has 54 heavy (non-hydrogen) atoms. The second kappa shape index (κ2) is 39.9. The van der Waals surface area contributed by atoms with E-state index < -0.39 is 38.6 Å². The third kappa shape index (κ3) is 37.6. The molecule has 0 radical (unpaired) electrons. The molecule has 0 bridgehead atoms. The van der Waals surface area contributed by atoms with Crippen molar-refractivity contribution in [2.45, 2.75) is 218 Å².